The Labute approximate surface area is 133 Å². The predicted molar refractivity (Wildman–Crippen MR) is 85.4 cm³/mol. The van der Waals surface area contributed by atoms with Crippen molar-refractivity contribution in [2.24, 2.45) is 5.73 Å². The molecule has 1 aliphatic rings. The lowest BCUT2D eigenvalue weighted by Crippen LogP contribution is -2.24. The van der Waals surface area contributed by atoms with E-state index in [1.807, 2.05) is 18.2 Å². The van der Waals surface area contributed by atoms with Gasteiger partial charge in [0.15, 0.2) is 0 Å². The Kier molecular flexibility index (Phi) is 6.09. The van der Waals surface area contributed by atoms with Crippen LogP contribution in [-0.2, 0) is 11.2 Å². The molecule has 1 fully saturated rings. The predicted octanol–water partition coefficient (Wildman–Crippen LogP) is 1.71. The quantitative estimate of drug-likeness (QED) is 0.707. The molecule has 1 aromatic rings. The van der Waals surface area contributed by atoms with E-state index >= 15 is 0 Å². The average molecular weight is 324 g/mol. The minimum atomic E-state index is -0.337. The molecule has 1 aliphatic heterocycles. The van der Waals surface area contributed by atoms with Gasteiger partial charge in [-0.05, 0) is 49.6 Å². The molecule has 3 N–H and O–H groups in total. The highest BCUT2D eigenvalue weighted by atomic mass is 32.2. The van der Waals surface area contributed by atoms with Crippen LogP contribution in [0.25, 0.3) is 0 Å². The van der Waals surface area contributed by atoms with Crippen LogP contribution in [0.2, 0.25) is 0 Å². The van der Waals surface area contributed by atoms with Gasteiger partial charge in [0.1, 0.15) is 11.5 Å². The molecule has 0 bridgehead atoms. The van der Waals surface area contributed by atoms with Gasteiger partial charge in [-0.25, -0.2) is 0 Å². The Bertz CT molecular complexity index is 550. The molecular weight excluding hydrogens is 304 g/mol. The molecule has 0 spiro atoms. The number of nitrogens with one attached hydrogen (secondary N) is 1. The minimum absolute atomic E-state index is 0.219. The maximum Gasteiger partial charge on any atom is 0.286 e. The summed E-state index contributed by atoms with van der Waals surface area (Å²) in [6.45, 7) is 1.12. The van der Waals surface area contributed by atoms with Crippen LogP contribution in [0, 0.1) is 0 Å². The Morgan fingerprint density at radius 3 is 2.82 bits per heavy atom. The lowest BCUT2D eigenvalue weighted by molar-refractivity contribution is -0.119. The molecular formula is C15H20N2O4S. The zero-order valence-corrected chi connectivity index (χ0v) is 13.3. The van der Waals surface area contributed by atoms with Gasteiger partial charge in [-0.2, -0.15) is 0 Å². The Morgan fingerprint density at radius 1 is 1.36 bits per heavy atom. The molecule has 0 aliphatic carbocycles. The molecule has 120 valence electrons. The summed E-state index contributed by atoms with van der Waals surface area (Å²) in [4.78, 5) is 22.8. The maximum absolute atomic E-state index is 11.6. The summed E-state index contributed by atoms with van der Waals surface area (Å²) < 4.78 is 11.0. The zero-order chi connectivity index (χ0) is 15.9. The summed E-state index contributed by atoms with van der Waals surface area (Å²) in [5.41, 5.74) is 6.43. The Hall–Kier alpha value is -1.73. The van der Waals surface area contributed by atoms with Gasteiger partial charge in [0.2, 0.25) is 5.91 Å². The van der Waals surface area contributed by atoms with Crippen molar-refractivity contribution in [3.8, 4) is 11.5 Å². The first-order chi connectivity index (χ1) is 10.6. The second-order valence-electron chi connectivity index (χ2n) is 4.89. The van der Waals surface area contributed by atoms with Crippen LogP contribution in [0.5, 0.6) is 11.5 Å². The summed E-state index contributed by atoms with van der Waals surface area (Å²) in [7, 11) is 1.60. The van der Waals surface area contributed by atoms with Crippen molar-refractivity contribution < 1.29 is 19.1 Å². The molecule has 1 atom stereocenters. The number of methoxy groups -OCH3 is 1. The van der Waals surface area contributed by atoms with E-state index < -0.39 is 0 Å². The van der Waals surface area contributed by atoms with Crippen molar-refractivity contribution in [3.63, 3.8) is 0 Å². The van der Waals surface area contributed by atoms with Gasteiger partial charge in [-0.15, -0.1) is 0 Å². The summed E-state index contributed by atoms with van der Waals surface area (Å²) >= 11 is 1.04. The molecule has 1 saturated heterocycles. The molecule has 22 heavy (non-hydrogen) atoms. The van der Waals surface area contributed by atoms with Gasteiger partial charge in [0.05, 0.1) is 19.0 Å². The lowest BCUT2D eigenvalue weighted by atomic mass is 10.1. The standard InChI is InChI=1S/C15H20N2O4S/c1-20-11-4-5-12(21-8-2-7-16)10(9-11)3-6-13-14(18)17-15(19)22-13/h4-5,9,13H,2-3,6-8,16H2,1H3,(H,17,18,19). The van der Waals surface area contributed by atoms with Crippen LogP contribution in [0.3, 0.4) is 0 Å². The maximum atomic E-state index is 11.6. The number of hydrogen-bond donors (Lipinski definition) is 2. The molecule has 1 aromatic carbocycles. The summed E-state index contributed by atoms with van der Waals surface area (Å²) in [5, 5.41) is 1.68. The zero-order valence-electron chi connectivity index (χ0n) is 12.5. The monoisotopic (exact) mass is 324 g/mol. The van der Waals surface area contributed by atoms with E-state index in [9.17, 15) is 9.59 Å². The number of amides is 2. The normalized spacial score (nSPS) is 17.5. The molecule has 0 aromatic heterocycles. The van der Waals surface area contributed by atoms with Crippen LogP contribution in [0.1, 0.15) is 18.4 Å². The van der Waals surface area contributed by atoms with Crippen molar-refractivity contribution in [3.05, 3.63) is 23.8 Å². The second kappa shape index (κ2) is 8.05. The highest BCUT2D eigenvalue weighted by Crippen LogP contribution is 2.29. The molecule has 2 amide bonds. The number of hydrogen-bond acceptors (Lipinski definition) is 6. The van der Waals surface area contributed by atoms with Crippen LogP contribution in [0.4, 0.5) is 4.79 Å². The van der Waals surface area contributed by atoms with E-state index in [0.717, 1.165) is 35.2 Å². The first-order valence-electron chi connectivity index (χ1n) is 7.15. The molecule has 2 rings (SSSR count). The fourth-order valence-corrected chi connectivity index (χ4v) is 2.97. The lowest BCUT2D eigenvalue weighted by Gasteiger charge is -2.13. The van der Waals surface area contributed by atoms with Gasteiger partial charge >= 0.3 is 0 Å². The van der Waals surface area contributed by atoms with Crippen LogP contribution in [-0.4, -0.2) is 36.7 Å². The number of nitrogens with two attached hydrogens (primary N) is 1. The van der Waals surface area contributed by atoms with E-state index in [0.29, 0.717) is 26.0 Å². The van der Waals surface area contributed by atoms with Crippen molar-refractivity contribution in [2.45, 2.75) is 24.5 Å². The molecule has 0 radical (unpaired) electrons. The van der Waals surface area contributed by atoms with E-state index in [4.69, 9.17) is 15.2 Å². The fraction of sp³-hybridized carbons (Fsp3) is 0.467. The van der Waals surface area contributed by atoms with E-state index in [1.54, 1.807) is 7.11 Å². The topological polar surface area (TPSA) is 90.7 Å². The van der Waals surface area contributed by atoms with Crippen molar-refractivity contribution in [1.29, 1.82) is 0 Å². The molecule has 1 unspecified atom stereocenters. The van der Waals surface area contributed by atoms with Gasteiger partial charge in [-0.1, -0.05) is 11.8 Å². The number of thioether (sulfide) groups is 1. The molecule has 6 nitrogen and oxygen atoms in total. The SMILES string of the molecule is COc1ccc(OCCCN)c(CCC2SC(=O)NC2=O)c1. The van der Waals surface area contributed by atoms with Crippen LogP contribution >= 0.6 is 11.8 Å². The number of rotatable bonds is 8. The van der Waals surface area contributed by atoms with Crippen molar-refractivity contribution >= 4 is 22.9 Å². The minimum Gasteiger partial charge on any atom is -0.497 e. The number of aryl methyl sites for hydroxylation is 1. The third-order valence-electron chi connectivity index (χ3n) is 3.32. The number of carbonyl (C=O) groups is 2. The highest BCUT2D eigenvalue weighted by Gasteiger charge is 2.31. The van der Waals surface area contributed by atoms with Gasteiger partial charge in [0, 0.05) is 0 Å². The average Bonchev–Trinajstić information content (AvgIpc) is 2.84. The van der Waals surface area contributed by atoms with Crippen molar-refractivity contribution in [2.75, 3.05) is 20.3 Å². The fourth-order valence-electron chi connectivity index (χ4n) is 2.15. The first kappa shape index (κ1) is 16.6. The second-order valence-corrected chi connectivity index (χ2v) is 6.06. The van der Waals surface area contributed by atoms with E-state index in [2.05, 4.69) is 5.32 Å². The third kappa shape index (κ3) is 4.38. The summed E-state index contributed by atoms with van der Waals surface area (Å²) in [5.74, 6) is 1.29. The molecule has 0 saturated carbocycles. The van der Waals surface area contributed by atoms with Gasteiger partial charge in [-0.3, -0.25) is 14.9 Å². The van der Waals surface area contributed by atoms with E-state index in [-0.39, 0.29) is 16.4 Å². The number of imide groups is 1. The highest BCUT2D eigenvalue weighted by molar-refractivity contribution is 8.15. The first-order valence-corrected chi connectivity index (χ1v) is 8.03. The largest absolute Gasteiger partial charge is 0.497 e. The smallest absolute Gasteiger partial charge is 0.286 e. The van der Waals surface area contributed by atoms with Gasteiger partial charge in [0.25, 0.3) is 5.24 Å². The third-order valence-corrected chi connectivity index (χ3v) is 4.37. The number of carbonyl (C=O) groups excluding carboxylic acids is 2. The Morgan fingerprint density at radius 2 is 2.18 bits per heavy atom. The summed E-state index contributed by atoms with van der Waals surface area (Å²) in [6, 6.07) is 5.59. The molecule has 1 heterocycles. The molecule has 7 heteroatoms. The van der Waals surface area contributed by atoms with E-state index in [1.165, 1.54) is 0 Å². The van der Waals surface area contributed by atoms with Crippen LogP contribution < -0.4 is 20.5 Å². The van der Waals surface area contributed by atoms with Crippen LogP contribution in [0.15, 0.2) is 18.2 Å². The van der Waals surface area contributed by atoms with Crippen molar-refractivity contribution in [1.82, 2.24) is 5.32 Å². The summed E-state index contributed by atoms with van der Waals surface area (Å²) in [6.07, 6.45) is 1.98. The number of benzene rings is 1. The Balaban J connectivity index is 2.03. The number of ether oxygens (including phenoxy) is 2. The van der Waals surface area contributed by atoms with Gasteiger partial charge < -0.3 is 15.2 Å².